The second-order valence-electron chi connectivity index (χ2n) is 15.6. The SMILES string of the molecule is CC(C)(C)OC(=O)N1CCC(Cc2cccc3c2cc(C#CCN(C(=O)OC(C)(C)C)c2cccc(O)c2)n3CC(F)(F)F)C(CCOCCOCCO)C1. The lowest BCUT2D eigenvalue weighted by molar-refractivity contribution is -0.140. The first-order chi connectivity index (χ1) is 25.8. The summed E-state index contributed by atoms with van der Waals surface area (Å²) in [5.41, 5.74) is 0.200. The van der Waals surface area contributed by atoms with Gasteiger partial charge in [-0.05, 0) is 108 Å². The van der Waals surface area contributed by atoms with Crippen molar-refractivity contribution in [2.24, 2.45) is 11.8 Å². The van der Waals surface area contributed by atoms with Gasteiger partial charge in [-0.1, -0.05) is 24.1 Å². The third-order valence-electron chi connectivity index (χ3n) is 8.85. The molecule has 4 rings (SSSR count). The van der Waals surface area contributed by atoms with Gasteiger partial charge in [0.25, 0.3) is 0 Å². The van der Waals surface area contributed by atoms with Crippen LogP contribution in [0.1, 0.15) is 65.6 Å². The van der Waals surface area contributed by atoms with Gasteiger partial charge in [-0.3, -0.25) is 4.90 Å². The molecule has 1 saturated heterocycles. The monoisotopic (exact) mass is 773 g/mol. The Balaban J connectivity index is 1.63. The van der Waals surface area contributed by atoms with Gasteiger partial charge in [0.2, 0.25) is 0 Å². The summed E-state index contributed by atoms with van der Waals surface area (Å²) in [5, 5.41) is 19.6. The zero-order valence-electron chi connectivity index (χ0n) is 32.6. The molecule has 55 heavy (non-hydrogen) atoms. The normalized spacial score (nSPS) is 16.4. The number of amides is 2. The van der Waals surface area contributed by atoms with Gasteiger partial charge >= 0.3 is 18.4 Å². The number of rotatable bonds is 13. The third kappa shape index (κ3) is 13.7. The topological polar surface area (TPSA) is 123 Å². The Kier molecular flexibility index (Phi) is 14.9. The first kappa shape index (κ1) is 43.3. The minimum absolute atomic E-state index is 0.0164. The summed E-state index contributed by atoms with van der Waals surface area (Å²) in [6, 6.07) is 13.0. The van der Waals surface area contributed by atoms with E-state index in [1.807, 2.05) is 26.8 Å². The molecule has 1 aliphatic heterocycles. The molecule has 14 heteroatoms. The standard InChI is InChI=1S/C41H54F3N3O8/c1-39(2,3)54-37(50)45-18-15-29(31(27-45)16-20-52-22-23-53-21-19-48)24-30-10-7-14-36-35(30)26-33(47(36)28-41(42,43)44)12-9-17-46(38(51)55-40(4,5)6)32-11-8-13-34(49)25-32/h7-8,10-11,13-14,25-26,29,31,48-49H,15-24,27-28H2,1-6H3. The van der Waals surface area contributed by atoms with E-state index in [-0.39, 0.29) is 43.0 Å². The molecule has 3 aromatic rings. The quantitative estimate of drug-likeness (QED) is 0.135. The predicted octanol–water partition coefficient (Wildman–Crippen LogP) is 7.53. The van der Waals surface area contributed by atoms with Crippen molar-refractivity contribution >= 4 is 28.8 Å². The van der Waals surface area contributed by atoms with Crippen LogP contribution in [-0.4, -0.2) is 102 Å². The average molecular weight is 774 g/mol. The number of hydrogen-bond donors (Lipinski definition) is 2. The molecule has 2 atom stereocenters. The van der Waals surface area contributed by atoms with Crippen molar-refractivity contribution in [1.29, 1.82) is 0 Å². The first-order valence-corrected chi connectivity index (χ1v) is 18.5. The second kappa shape index (κ2) is 18.9. The summed E-state index contributed by atoms with van der Waals surface area (Å²) in [6.45, 7) is 11.3. The summed E-state index contributed by atoms with van der Waals surface area (Å²) in [7, 11) is 0. The third-order valence-corrected chi connectivity index (χ3v) is 8.85. The van der Waals surface area contributed by atoms with E-state index < -0.39 is 36.1 Å². The van der Waals surface area contributed by atoms with E-state index >= 15 is 0 Å². The number of piperidine rings is 1. The fourth-order valence-electron chi connectivity index (χ4n) is 6.50. The van der Waals surface area contributed by atoms with Crippen LogP contribution in [-0.2, 0) is 31.9 Å². The summed E-state index contributed by atoms with van der Waals surface area (Å²) in [4.78, 5) is 29.1. The fourth-order valence-corrected chi connectivity index (χ4v) is 6.50. The molecule has 2 amide bonds. The summed E-state index contributed by atoms with van der Waals surface area (Å²) >= 11 is 0. The number of halogens is 3. The molecular weight excluding hydrogens is 719 g/mol. The minimum atomic E-state index is -4.54. The van der Waals surface area contributed by atoms with Crippen molar-refractivity contribution in [3.8, 4) is 17.6 Å². The lowest BCUT2D eigenvalue weighted by Gasteiger charge is -2.39. The Labute approximate surface area is 321 Å². The van der Waals surface area contributed by atoms with E-state index in [0.717, 1.165) is 10.1 Å². The number of ether oxygens (including phenoxy) is 4. The molecule has 0 bridgehead atoms. The average Bonchev–Trinajstić information content (AvgIpc) is 3.41. The van der Waals surface area contributed by atoms with Gasteiger partial charge < -0.3 is 38.6 Å². The molecular formula is C41H54F3N3O8. The fraction of sp³-hybridized carbons (Fsp3) is 0.561. The van der Waals surface area contributed by atoms with Gasteiger partial charge in [0.1, 0.15) is 23.5 Å². The van der Waals surface area contributed by atoms with Crippen LogP contribution < -0.4 is 4.90 Å². The number of likely N-dealkylation sites (tertiary alicyclic amines) is 1. The molecule has 2 aromatic carbocycles. The van der Waals surface area contributed by atoms with Crippen LogP contribution in [0.25, 0.3) is 10.9 Å². The molecule has 2 unspecified atom stereocenters. The number of hydrogen-bond acceptors (Lipinski definition) is 8. The highest BCUT2D eigenvalue weighted by Gasteiger charge is 2.35. The predicted molar refractivity (Wildman–Crippen MR) is 203 cm³/mol. The molecule has 11 nitrogen and oxygen atoms in total. The van der Waals surface area contributed by atoms with Crippen LogP contribution in [0.2, 0.25) is 0 Å². The maximum absolute atomic E-state index is 14.0. The molecule has 0 spiro atoms. The number of carbonyl (C=O) groups excluding carboxylic acids is 2. The number of aromatic hydroxyl groups is 1. The zero-order chi connectivity index (χ0) is 40.4. The zero-order valence-corrected chi connectivity index (χ0v) is 32.6. The van der Waals surface area contributed by atoms with Gasteiger partial charge in [0.05, 0.1) is 44.4 Å². The van der Waals surface area contributed by atoms with Gasteiger partial charge in [-0.15, -0.1) is 0 Å². The molecule has 1 fully saturated rings. The van der Waals surface area contributed by atoms with Crippen molar-refractivity contribution < 1.29 is 51.9 Å². The number of phenolic OH excluding ortho intramolecular Hbond substituents is 1. The highest BCUT2D eigenvalue weighted by molar-refractivity contribution is 5.89. The van der Waals surface area contributed by atoms with Crippen molar-refractivity contribution in [2.75, 3.05) is 57.6 Å². The highest BCUT2D eigenvalue weighted by Crippen LogP contribution is 2.34. The van der Waals surface area contributed by atoms with Gasteiger partial charge in [-0.2, -0.15) is 13.2 Å². The first-order valence-electron chi connectivity index (χ1n) is 18.5. The number of fused-ring (bicyclic) bond motifs is 1. The maximum Gasteiger partial charge on any atom is 0.415 e. The van der Waals surface area contributed by atoms with E-state index in [4.69, 9.17) is 24.1 Å². The number of aromatic nitrogens is 1. The minimum Gasteiger partial charge on any atom is -0.508 e. The number of benzene rings is 2. The number of carbonyl (C=O) groups is 2. The lowest BCUT2D eigenvalue weighted by atomic mass is 9.79. The largest absolute Gasteiger partial charge is 0.508 e. The number of phenols is 1. The Morgan fingerprint density at radius 2 is 1.60 bits per heavy atom. The second-order valence-corrected chi connectivity index (χ2v) is 15.6. The van der Waals surface area contributed by atoms with Gasteiger partial charge in [0.15, 0.2) is 0 Å². The summed E-state index contributed by atoms with van der Waals surface area (Å²) in [5.74, 6) is 5.79. The smallest absolute Gasteiger partial charge is 0.415 e. The molecule has 2 heterocycles. The molecule has 0 aliphatic carbocycles. The molecule has 0 radical (unpaired) electrons. The Morgan fingerprint density at radius 3 is 2.25 bits per heavy atom. The van der Waals surface area contributed by atoms with Crippen molar-refractivity contribution in [3.05, 3.63) is 59.8 Å². The van der Waals surface area contributed by atoms with Crippen LogP contribution in [0.5, 0.6) is 5.75 Å². The molecule has 0 saturated carbocycles. The molecule has 1 aromatic heterocycles. The Bertz CT molecular complexity index is 1800. The number of anilines is 1. The van der Waals surface area contributed by atoms with Crippen molar-refractivity contribution in [1.82, 2.24) is 9.47 Å². The van der Waals surface area contributed by atoms with Crippen LogP contribution in [0, 0.1) is 23.7 Å². The number of alkyl halides is 3. The van der Waals surface area contributed by atoms with Crippen molar-refractivity contribution in [3.63, 3.8) is 0 Å². The summed E-state index contributed by atoms with van der Waals surface area (Å²) < 4.78 is 65.5. The molecule has 302 valence electrons. The maximum atomic E-state index is 14.0. The Morgan fingerprint density at radius 1 is 0.909 bits per heavy atom. The lowest BCUT2D eigenvalue weighted by Crippen LogP contribution is -2.46. The van der Waals surface area contributed by atoms with Crippen molar-refractivity contribution in [2.45, 2.75) is 84.7 Å². The Hall–Kier alpha value is -4.45. The molecule has 2 N–H and O–H groups in total. The van der Waals surface area contributed by atoms with E-state index in [0.29, 0.717) is 68.8 Å². The number of aliphatic hydroxyl groups excluding tert-OH is 1. The van der Waals surface area contributed by atoms with Gasteiger partial charge in [0, 0.05) is 36.7 Å². The van der Waals surface area contributed by atoms with Crippen LogP contribution in [0.4, 0.5) is 28.4 Å². The van der Waals surface area contributed by atoms with Gasteiger partial charge in [-0.25, -0.2) is 9.59 Å². The van der Waals surface area contributed by atoms with E-state index in [9.17, 15) is 27.9 Å². The highest BCUT2D eigenvalue weighted by atomic mass is 19.4. The summed E-state index contributed by atoms with van der Waals surface area (Å²) in [6.07, 6.45) is -3.80. The number of aliphatic hydroxyl groups is 1. The molecule has 1 aliphatic rings. The van der Waals surface area contributed by atoms with E-state index in [2.05, 4.69) is 11.8 Å². The van der Waals surface area contributed by atoms with Crippen LogP contribution >= 0.6 is 0 Å². The van der Waals surface area contributed by atoms with E-state index in [1.165, 1.54) is 17.0 Å². The number of nitrogens with zero attached hydrogens (tertiary/aromatic N) is 3. The van der Waals surface area contributed by atoms with Crippen LogP contribution in [0.3, 0.4) is 0 Å². The van der Waals surface area contributed by atoms with Crippen LogP contribution in [0.15, 0.2) is 48.5 Å². The van der Waals surface area contributed by atoms with E-state index in [1.54, 1.807) is 56.0 Å².